The first-order valence-corrected chi connectivity index (χ1v) is 36.9. The van der Waals surface area contributed by atoms with Crippen molar-refractivity contribution < 1.29 is 80.2 Å². The highest BCUT2D eigenvalue weighted by Crippen LogP contribution is 2.45. The first kappa shape index (κ1) is 82.1. The predicted octanol–water partition coefficient (Wildman–Crippen LogP) is 17.9. The second kappa shape index (κ2) is 56.3. The molecule has 4 unspecified atom stereocenters. The Morgan fingerprint density at radius 1 is 0.345 bits per heavy atom. The van der Waals surface area contributed by atoms with E-state index in [4.69, 9.17) is 37.0 Å². The van der Waals surface area contributed by atoms with E-state index in [2.05, 4.69) is 48.5 Å². The predicted molar refractivity (Wildman–Crippen MR) is 335 cm³/mol. The van der Waals surface area contributed by atoms with Gasteiger partial charge in [0.25, 0.3) is 0 Å². The van der Waals surface area contributed by atoms with Gasteiger partial charge in [-0.25, -0.2) is 9.13 Å². The molecule has 0 saturated carbocycles. The van der Waals surface area contributed by atoms with Crippen LogP contribution >= 0.6 is 15.6 Å². The van der Waals surface area contributed by atoms with E-state index in [9.17, 15) is 43.2 Å². The minimum Gasteiger partial charge on any atom is -0.462 e. The molecule has 0 aromatic heterocycles. The normalized spacial score (nSPS) is 15.0. The monoisotopic (exact) mass is 1240 g/mol. The minimum atomic E-state index is -4.95. The van der Waals surface area contributed by atoms with Gasteiger partial charge in [-0.15, -0.1) is 0 Å². The number of aliphatic hydroxyl groups excluding tert-OH is 1. The highest BCUT2D eigenvalue weighted by Gasteiger charge is 2.30. The molecule has 0 fully saturated rings. The maximum Gasteiger partial charge on any atom is 0.472 e. The quantitative estimate of drug-likeness (QED) is 0.0222. The number of esters is 4. The maximum absolute atomic E-state index is 13.0. The van der Waals surface area contributed by atoms with E-state index in [1.165, 1.54) is 116 Å². The molecule has 0 radical (unpaired) electrons. The van der Waals surface area contributed by atoms with Gasteiger partial charge in [0.2, 0.25) is 0 Å². The summed E-state index contributed by atoms with van der Waals surface area (Å²) in [5.41, 5.74) is 0. The summed E-state index contributed by atoms with van der Waals surface area (Å²) in [5.74, 6) is 0.134. The molecule has 17 nitrogen and oxygen atoms in total. The number of phosphoric ester groups is 2. The molecule has 0 saturated heterocycles. The fraction of sp³-hybridized carbons (Fsp3) is 0.938. The van der Waals surface area contributed by atoms with Crippen LogP contribution in [0.5, 0.6) is 0 Å². The number of phosphoric acid groups is 2. The molecule has 0 aliphatic carbocycles. The Labute approximate surface area is 511 Å². The van der Waals surface area contributed by atoms with Crippen LogP contribution in [-0.2, 0) is 65.4 Å². The first-order chi connectivity index (χ1) is 40.3. The van der Waals surface area contributed by atoms with E-state index in [1.54, 1.807) is 0 Å². The molecule has 7 atom stereocenters. The van der Waals surface area contributed by atoms with Gasteiger partial charge in [0.1, 0.15) is 19.3 Å². The summed E-state index contributed by atoms with van der Waals surface area (Å²) in [6.45, 7) is 11.7. The van der Waals surface area contributed by atoms with Gasteiger partial charge in [-0.2, -0.15) is 0 Å². The summed E-state index contributed by atoms with van der Waals surface area (Å²) < 4.78 is 68.0. The molecule has 0 aromatic rings. The average molecular weight is 1240 g/mol. The van der Waals surface area contributed by atoms with Crippen molar-refractivity contribution >= 4 is 39.5 Å². The van der Waals surface area contributed by atoms with Gasteiger partial charge in [0.05, 0.1) is 26.4 Å². The Kier molecular flexibility index (Phi) is 55.0. The number of carbonyl (C=O) groups is 4. The van der Waals surface area contributed by atoms with Crippen molar-refractivity contribution in [1.29, 1.82) is 0 Å². The van der Waals surface area contributed by atoms with Crippen LogP contribution in [0, 0.1) is 17.8 Å². The van der Waals surface area contributed by atoms with Crippen molar-refractivity contribution in [2.24, 2.45) is 17.8 Å². The van der Waals surface area contributed by atoms with Gasteiger partial charge < -0.3 is 33.8 Å². The molecular formula is C65H126O17P2. The van der Waals surface area contributed by atoms with Gasteiger partial charge >= 0.3 is 39.5 Å². The van der Waals surface area contributed by atoms with Crippen molar-refractivity contribution in [3.05, 3.63) is 0 Å². The summed E-state index contributed by atoms with van der Waals surface area (Å²) in [5, 5.41) is 10.5. The third-order valence-corrected chi connectivity index (χ3v) is 17.5. The molecule has 0 rings (SSSR count). The lowest BCUT2D eigenvalue weighted by Crippen LogP contribution is -2.30. The molecule has 19 heteroatoms. The molecular weight excluding hydrogens is 1110 g/mol. The van der Waals surface area contributed by atoms with E-state index in [-0.39, 0.29) is 25.7 Å². The highest BCUT2D eigenvalue weighted by atomic mass is 31.2. The molecule has 0 spiro atoms. The SMILES string of the molecule is CCCCCCCCCC(=O)OC[C@H](COP(=O)(O)OC[C@H](O)COP(=O)(O)OC[C@@H](COC(=O)CCCCCCCCCCC(C)CC)OC(=O)CCCCCCCCCCCCCCC(C)C)OC(=O)CCCCCCCCC(C)CC. The third kappa shape index (κ3) is 56.6. The Morgan fingerprint density at radius 3 is 0.905 bits per heavy atom. The zero-order valence-electron chi connectivity index (χ0n) is 54.4. The fourth-order valence-corrected chi connectivity index (χ4v) is 11.2. The topological polar surface area (TPSA) is 237 Å². The van der Waals surface area contributed by atoms with Crippen LogP contribution in [0.15, 0.2) is 0 Å². The van der Waals surface area contributed by atoms with Crippen LogP contribution < -0.4 is 0 Å². The molecule has 0 heterocycles. The third-order valence-electron chi connectivity index (χ3n) is 15.6. The number of aliphatic hydroxyl groups is 1. The van der Waals surface area contributed by atoms with Crippen molar-refractivity contribution in [1.82, 2.24) is 0 Å². The number of hydrogen-bond donors (Lipinski definition) is 3. The fourth-order valence-electron chi connectivity index (χ4n) is 9.59. The Bertz CT molecular complexity index is 1670. The number of carbonyl (C=O) groups excluding carboxylic acids is 4. The maximum atomic E-state index is 13.0. The molecule has 0 aliphatic rings. The standard InChI is InChI=1S/C65H126O17P2/c1-8-11-12-13-22-32-39-46-62(67)75-52-61(82-65(70)49-42-35-28-27-31-38-45-58(7)10-3)55-80-84(73,74)78-51-59(66)50-77-83(71,72)79-54-60(53-76-63(68)47-40-33-25-21-20-24-30-37-44-57(6)9-2)81-64(69)48-41-34-26-19-17-15-14-16-18-23-29-36-43-56(4)5/h56-61,66H,8-55H2,1-7H3,(H,71,72)(H,73,74)/t57?,58?,59-,60-,61-/m1/s1. The van der Waals surface area contributed by atoms with Crippen LogP contribution in [-0.4, -0.2) is 96.7 Å². The van der Waals surface area contributed by atoms with E-state index < -0.39 is 97.5 Å². The second-order valence-corrected chi connectivity index (χ2v) is 27.4. The van der Waals surface area contributed by atoms with E-state index in [0.717, 1.165) is 120 Å². The van der Waals surface area contributed by atoms with Gasteiger partial charge in [-0.05, 0) is 43.4 Å². The number of ether oxygens (including phenoxy) is 4. The van der Waals surface area contributed by atoms with Crippen molar-refractivity contribution in [3.8, 4) is 0 Å². The highest BCUT2D eigenvalue weighted by molar-refractivity contribution is 7.47. The van der Waals surface area contributed by atoms with Crippen LogP contribution in [0.2, 0.25) is 0 Å². The van der Waals surface area contributed by atoms with Crippen molar-refractivity contribution in [2.45, 2.75) is 336 Å². The van der Waals surface area contributed by atoms with Gasteiger partial charge in [0, 0.05) is 25.7 Å². The molecule has 0 bridgehead atoms. The summed E-state index contributed by atoms with van der Waals surface area (Å²) >= 11 is 0. The van der Waals surface area contributed by atoms with Gasteiger partial charge in [-0.3, -0.25) is 37.3 Å². The first-order valence-electron chi connectivity index (χ1n) is 33.9. The summed E-state index contributed by atoms with van der Waals surface area (Å²) in [6, 6.07) is 0. The number of unbranched alkanes of at least 4 members (excludes halogenated alkanes) is 29. The zero-order valence-corrected chi connectivity index (χ0v) is 56.1. The number of rotatable bonds is 63. The lowest BCUT2D eigenvalue weighted by molar-refractivity contribution is -0.161. The Morgan fingerprint density at radius 2 is 0.607 bits per heavy atom. The largest absolute Gasteiger partial charge is 0.472 e. The summed E-state index contributed by atoms with van der Waals surface area (Å²) in [7, 11) is -9.89. The number of hydrogen-bond acceptors (Lipinski definition) is 15. The van der Waals surface area contributed by atoms with Crippen LogP contribution in [0.1, 0.15) is 318 Å². The van der Waals surface area contributed by atoms with Crippen molar-refractivity contribution in [3.63, 3.8) is 0 Å². The average Bonchev–Trinajstić information content (AvgIpc) is 3.53. The Hall–Kier alpha value is -1.94. The smallest absolute Gasteiger partial charge is 0.462 e. The molecule has 0 aliphatic heterocycles. The summed E-state index contributed by atoms with van der Waals surface area (Å²) in [6.07, 6.45) is 37.6. The van der Waals surface area contributed by atoms with Crippen LogP contribution in [0.4, 0.5) is 0 Å². The lowest BCUT2D eigenvalue weighted by atomic mass is 9.99. The minimum absolute atomic E-state index is 0.102. The lowest BCUT2D eigenvalue weighted by Gasteiger charge is -2.21. The Balaban J connectivity index is 5.23. The van der Waals surface area contributed by atoms with E-state index >= 15 is 0 Å². The van der Waals surface area contributed by atoms with E-state index in [0.29, 0.717) is 25.7 Å². The molecule has 84 heavy (non-hydrogen) atoms. The summed E-state index contributed by atoms with van der Waals surface area (Å²) in [4.78, 5) is 72.2. The van der Waals surface area contributed by atoms with Crippen LogP contribution in [0.3, 0.4) is 0 Å². The molecule has 498 valence electrons. The molecule has 3 N–H and O–H groups in total. The van der Waals surface area contributed by atoms with Gasteiger partial charge in [-0.1, -0.05) is 267 Å². The van der Waals surface area contributed by atoms with Gasteiger partial charge in [0.15, 0.2) is 12.2 Å². The second-order valence-electron chi connectivity index (χ2n) is 24.5. The van der Waals surface area contributed by atoms with E-state index in [1.807, 2.05) is 0 Å². The zero-order chi connectivity index (χ0) is 62.4. The molecule has 0 amide bonds. The van der Waals surface area contributed by atoms with Crippen molar-refractivity contribution in [2.75, 3.05) is 39.6 Å². The van der Waals surface area contributed by atoms with Crippen LogP contribution in [0.25, 0.3) is 0 Å². The molecule has 0 aromatic carbocycles.